The number of piperazine rings is 1. The van der Waals surface area contributed by atoms with Crippen LogP contribution in [0.15, 0.2) is 41.3 Å². The Morgan fingerprint density at radius 2 is 1.90 bits per heavy atom. The molecule has 1 saturated heterocycles. The van der Waals surface area contributed by atoms with Gasteiger partial charge in [-0.05, 0) is 62.6 Å². The number of thioether (sulfide) groups is 1. The molecule has 30 heavy (non-hydrogen) atoms. The van der Waals surface area contributed by atoms with Crippen LogP contribution >= 0.6 is 11.8 Å². The Balaban J connectivity index is 1.26. The molecular formula is C24H31N3O2S. The molecule has 5 nitrogen and oxygen atoms in total. The minimum Gasteiger partial charge on any atom is -0.495 e. The van der Waals surface area contributed by atoms with E-state index in [0.717, 1.165) is 62.6 Å². The molecule has 1 unspecified atom stereocenters. The number of carbonyl (C=O) groups is 1. The number of hydrogen-bond acceptors (Lipinski definition) is 5. The molecule has 0 radical (unpaired) electrons. The zero-order valence-electron chi connectivity index (χ0n) is 18.1. The van der Waals surface area contributed by atoms with Crippen molar-refractivity contribution in [2.75, 3.05) is 50.1 Å². The molecule has 0 aliphatic carbocycles. The van der Waals surface area contributed by atoms with E-state index in [4.69, 9.17) is 4.74 Å². The maximum absolute atomic E-state index is 12.6. The Morgan fingerprint density at radius 3 is 2.67 bits per heavy atom. The fraction of sp³-hybridized carbons (Fsp3) is 0.458. The first-order valence-corrected chi connectivity index (χ1v) is 11.6. The van der Waals surface area contributed by atoms with Gasteiger partial charge in [-0.2, -0.15) is 0 Å². The monoisotopic (exact) mass is 425 g/mol. The Hall–Kier alpha value is -2.18. The molecule has 2 aliphatic heterocycles. The number of fused-ring (bicyclic) bond motifs is 1. The third kappa shape index (κ3) is 4.60. The molecule has 6 heteroatoms. The minimum atomic E-state index is 0.00793. The number of hydrogen-bond donors (Lipinski definition) is 1. The van der Waals surface area contributed by atoms with Crippen molar-refractivity contribution < 1.29 is 9.53 Å². The average Bonchev–Trinajstić information content (AvgIpc) is 2.75. The van der Waals surface area contributed by atoms with Gasteiger partial charge in [-0.25, -0.2) is 0 Å². The summed E-state index contributed by atoms with van der Waals surface area (Å²) in [5.74, 6) is 1.09. The summed E-state index contributed by atoms with van der Waals surface area (Å²) < 4.78 is 5.51. The predicted octanol–water partition coefficient (Wildman–Crippen LogP) is 4.33. The normalized spacial score (nSPS) is 19.4. The highest BCUT2D eigenvalue weighted by molar-refractivity contribution is 8.01. The maximum Gasteiger partial charge on any atom is 0.237 e. The number of carbonyl (C=O) groups excluding carboxylic acids is 1. The summed E-state index contributed by atoms with van der Waals surface area (Å²) >= 11 is 1.73. The molecule has 1 amide bonds. The van der Waals surface area contributed by atoms with Crippen molar-refractivity contribution >= 4 is 29.0 Å². The molecule has 0 bridgehead atoms. The third-order valence-corrected chi connectivity index (χ3v) is 7.30. The van der Waals surface area contributed by atoms with Gasteiger partial charge in [-0.1, -0.05) is 18.2 Å². The van der Waals surface area contributed by atoms with E-state index < -0.39 is 0 Å². The summed E-state index contributed by atoms with van der Waals surface area (Å²) in [6, 6.07) is 12.6. The number of anilines is 2. The highest BCUT2D eigenvalue weighted by Gasteiger charge is 2.28. The van der Waals surface area contributed by atoms with Gasteiger partial charge < -0.3 is 15.0 Å². The summed E-state index contributed by atoms with van der Waals surface area (Å²) in [7, 11) is 1.73. The van der Waals surface area contributed by atoms with Crippen LogP contribution in [-0.4, -0.2) is 55.9 Å². The Bertz CT molecular complexity index is 909. The molecule has 0 spiro atoms. The first-order chi connectivity index (χ1) is 14.5. The number of rotatable bonds is 6. The van der Waals surface area contributed by atoms with Crippen LogP contribution in [0.25, 0.3) is 0 Å². The lowest BCUT2D eigenvalue weighted by Gasteiger charge is -2.36. The summed E-state index contributed by atoms with van der Waals surface area (Å²) in [4.78, 5) is 18.7. The lowest BCUT2D eigenvalue weighted by Crippen LogP contribution is -2.46. The second-order valence-corrected chi connectivity index (χ2v) is 9.44. The maximum atomic E-state index is 12.6. The quantitative estimate of drug-likeness (QED) is 0.746. The molecule has 2 heterocycles. The molecule has 0 aromatic heterocycles. The van der Waals surface area contributed by atoms with Gasteiger partial charge >= 0.3 is 0 Å². The van der Waals surface area contributed by atoms with Crippen LogP contribution in [0.2, 0.25) is 0 Å². The summed E-state index contributed by atoms with van der Waals surface area (Å²) in [6.45, 7) is 9.33. The van der Waals surface area contributed by atoms with E-state index in [1.54, 1.807) is 18.9 Å². The third-order valence-electron chi connectivity index (χ3n) is 5.99. The number of amides is 1. The highest BCUT2D eigenvalue weighted by atomic mass is 32.2. The van der Waals surface area contributed by atoms with Crippen LogP contribution in [0.4, 0.5) is 11.4 Å². The second-order valence-electron chi connectivity index (χ2n) is 8.19. The Morgan fingerprint density at radius 1 is 1.13 bits per heavy atom. The molecule has 0 saturated carbocycles. The van der Waals surface area contributed by atoms with Gasteiger partial charge in [0.2, 0.25) is 5.91 Å². The SMILES string of the molecule is COc1ccccc1N1CCN(CCCC2Sc3cc(C)cc(C)c3NC2=O)CC1. The van der Waals surface area contributed by atoms with Crippen molar-refractivity contribution in [3.05, 3.63) is 47.5 Å². The smallest absolute Gasteiger partial charge is 0.237 e. The number of aryl methyl sites for hydroxylation is 2. The minimum absolute atomic E-state index is 0.00793. The van der Waals surface area contributed by atoms with Crippen molar-refractivity contribution in [1.82, 2.24) is 4.90 Å². The van der Waals surface area contributed by atoms with E-state index in [0.29, 0.717) is 0 Å². The van der Waals surface area contributed by atoms with Gasteiger partial charge in [0.15, 0.2) is 0 Å². The summed E-state index contributed by atoms with van der Waals surface area (Å²) in [5.41, 5.74) is 4.58. The van der Waals surface area contributed by atoms with Gasteiger partial charge in [0.05, 0.1) is 23.7 Å². The number of nitrogens with zero attached hydrogens (tertiary/aromatic N) is 2. The molecule has 4 rings (SSSR count). The van der Waals surface area contributed by atoms with E-state index in [-0.39, 0.29) is 11.2 Å². The molecule has 1 N–H and O–H groups in total. The first kappa shape index (κ1) is 21.1. The second kappa shape index (κ2) is 9.31. The lowest BCUT2D eigenvalue weighted by atomic mass is 10.1. The predicted molar refractivity (Wildman–Crippen MR) is 125 cm³/mol. The van der Waals surface area contributed by atoms with Crippen LogP contribution in [0, 0.1) is 13.8 Å². The van der Waals surface area contributed by atoms with E-state index in [1.165, 1.54) is 16.1 Å². The molecule has 1 fully saturated rings. The molecule has 1 atom stereocenters. The van der Waals surface area contributed by atoms with Gasteiger partial charge in [0, 0.05) is 31.1 Å². The van der Waals surface area contributed by atoms with Crippen LogP contribution in [0.1, 0.15) is 24.0 Å². The molecule has 160 valence electrons. The van der Waals surface area contributed by atoms with Gasteiger partial charge in [0.1, 0.15) is 5.75 Å². The number of benzene rings is 2. The van der Waals surface area contributed by atoms with Crippen LogP contribution < -0.4 is 15.0 Å². The Labute approximate surface area is 183 Å². The van der Waals surface area contributed by atoms with E-state index in [9.17, 15) is 4.79 Å². The van der Waals surface area contributed by atoms with Gasteiger partial charge in [-0.3, -0.25) is 9.69 Å². The van der Waals surface area contributed by atoms with Crippen LogP contribution in [0.3, 0.4) is 0 Å². The average molecular weight is 426 g/mol. The van der Waals surface area contributed by atoms with Gasteiger partial charge in [-0.15, -0.1) is 11.8 Å². The zero-order chi connectivity index (χ0) is 21.1. The topological polar surface area (TPSA) is 44.8 Å². The lowest BCUT2D eigenvalue weighted by molar-refractivity contribution is -0.116. The first-order valence-electron chi connectivity index (χ1n) is 10.7. The molecule has 2 aliphatic rings. The van der Waals surface area contributed by atoms with Crippen LogP contribution in [-0.2, 0) is 4.79 Å². The Kier molecular flexibility index (Phi) is 6.54. The van der Waals surface area contributed by atoms with E-state index in [2.05, 4.69) is 53.2 Å². The van der Waals surface area contributed by atoms with Gasteiger partial charge in [0.25, 0.3) is 0 Å². The summed E-state index contributed by atoms with van der Waals surface area (Å²) in [6.07, 6.45) is 1.95. The number of nitrogens with one attached hydrogen (secondary N) is 1. The van der Waals surface area contributed by atoms with Crippen molar-refractivity contribution in [2.45, 2.75) is 36.8 Å². The van der Waals surface area contributed by atoms with Crippen LogP contribution in [0.5, 0.6) is 5.75 Å². The fourth-order valence-corrected chi connectivity index (χ4v) is 5.73. The highest BCUT2D eigenvalue weighted by Crippen LogP contribution is 2.40. The number of ether oxygens (including phenoxy) is 1. The summed E-state index contributed by atoms with van der Waals surface area (Å²) in [5, 5.41) is 3.14. The molecular weight excluding hydrogens is 394 g/mol. The van der Waals surface area contributed by atoms with E-state index in [1.807, 2.05) is 12.1 Å². The standard InChI is InChI=1S/C24H31N3O2S/c1-17-15-18(2)23-22(16-17)30-21(24(28)25-23)9-6-10-26-11-13-27(14-12-26)19-7-4-5-8-20(19)29-3/h4-5,7-8,15-16,21H,6,9-14H2,1-3H3,(H,25,28). The number of para-hydroxylation sites is 2. The largest absolute Gasteiger partial charge is 0.495 e. The van der Waals surface area contributed by atoms with Crippen molar-refractivity contribution in [3.8, 4) is 5.75 Å². The number of methoxy groups -OCH3 is 1. The van der Waals surface area contributed by atoms with Crippen molar-refractivity contribution in [1.29, 1.82) is 0 Å². The zero-order valence-corrected chi connectivity index (χ0v) is 18.9. The van der Waals surface area contributed by atoms with Crippen molar-refractivity contribution in [2.24, 2.45) is 0 Å². The molecule has 2 aromatic rings. The van der Waals surface area contributed by atoms with Crippen molar-refractivity contribution in [3.63, 3.8) is 0 Å². The molecule has 2 aromatic carbocycles. The van der Waals surface area contributed by atoms with E-state index >= 15 is 0 Å². The fourth-order valence-electron chi connectivity index (χ4n) is 4.39.